The molecule has 1 nitrogen and oxygen atoms in total. The van der Waals surface area contributed by atoms with E-state index in [0.29, 0.717) is 33.6 Å². The molecule has 6 rings (SSSR count). The Morgan fingerprint density at radius 1 is 0.700 bits per heavy atom. The number of aryl methyl sites for hydroxylation is 2. The van der Waals surface area contributed by atoms with Crippen LogP contribution in [-0.2, 0) is 5.41 Å². The Kier molecular flexibility index (Phi) is 9.20. The summed E-state index contributed by atoms with van der Waals surface area (Å²) in [6, 6.07) is 22.2. The monoisotopic (exact) mass is 689 g/mol. The van der Waals surface area contributed by atoms with Crippen molar-refractivity contribution in [2.45, 2.75) is 45.5 Å². The zero-order valence-electron chi connectivity index (χ0n) is 27.4. The zero-order valence-corrected chi connectivity index (χ0v) is 27.4. The fraction of sp³-hybridized carbons (Fsp3) is 0.171. The van der Waals surface area contributed by atoms with E-state index in [-0.39, 0.29) is 29.9 Å². The molecule has 0 saturated heterocycles. The molecule has 0 aliphatic heterocycles. The van der Waals surface area contributed by atoms with Gasteiger partial charge in [-0.3, -0.25) is 0 Å². The fourth-order valence-corrected chi connectivity index (χ4v) is 6.65. The van der Waals surface area contributed by atoms with Crippen molar-refractivity contribution in [2.75, 3.05) is 4.90 Å². The molecule has 0 saturated carbocycles. The predicted octanol–water partition coefficient (Wildman–Crippen LogP) is 12.9. The molecular formula is C41H31F8N. The average molecular weight is 690 g/mol. The lowest BCUT2D eigenvalue weighted by atomic mass is 9.80. The number of alkyl halides is 2. The van der Waals surface area contributed by atoms with Gasteiger partial charge in [0.2, 0.25) is 0 Å². The third-order valence-corrected chi connectivity index (χ3v) is 9.34. The van der Waals surface area contributed by atoms with Crippen LogP contribution in [0.5, 0.6) is 0 Å². The highest BCUT2D eigenvalue weighted by atomic mass is 19.2. The number of hydrogen-bond donors (Lipinski definition) is 0. The molecule has 4 aromatic rings. The minimum absolute atomic E-state index is 0.0381. The summed E-state index contributed by atoms with van der Waals surface area (Å²) in [6.07, 6.45) is -5.29. The van der Waals surface area contributed by atoms with Crippen LogP contribution < -0.4 is 4.90 Å². The molecule has 2 unspecified atom stereocenters. The Labute approximate surface area is 284 Å². The maximum atomic E-state index is 16.3. The number of nitrogens with zero attached hydrogens (tertiary/aromatic N) is 1. The van der Waals surface area contributed by atoms with Crippen LogP contribution in [-0.4, -0.2) is 12.3 Å². The van der Waals surface area contributed by atoms with Crippen LogP contribution in [0.4, 0.5) is 46.5 Å². The van der Waals surface area contributed by atoms with Crippen molar-refractivity contribution in [1.82, 2.24) is 0 Å². The zero-order chi connectivity index (χ0) is 36.1. The number of anilines is 2. The second-order valence-electron chi connectivity index (χ2n) is 12.9. The van der Waals surface area contributed by atoms with Crippen LogP contribution in [0.2, 0.25) is 0 Å². The van der Waals surface area contributed by atoms with Crippen molar-refractivity contribution < 1.29 is 35.1 Å². The Hall–Kier alpha value is -5.18. The summed E-state index contributed by atoms with van der Waals surface area (Å²) in [6.45, 7) is 7.20. The molecule has 0 aromatic heterocycles. The first kappa shape index (κ1) is 34.7. The molecule has 256 valence electrons. The van der Waals surface area contributed by atoms with Gasteiger partial charge in [0, 0.05) is 34.0 Å². The van der Waals surface area contributed by atoms with Gasteiger partial charge in [-0.05, 0) is 83.6 Å². The van der Waals surface area contributed by atoms with Crippen LogP contribution in [0.3, 0.4) is 0 Å². The smallest absolute Gasteiger partial charge is 0.182 e. The summed E-state index contributed by atoms with van der Waals surface area (Å²) in [5.74, 6) is -6.29. The summed E-state index contributed by atoms with van der Waals surface area (Å²) < 4.78 is 120. The molecule has 2 aliphatic carbocycles. The number of allylic oxidation sites excluding steroid dienone is 8. The summed E-state index contributed by atoms with van der Waals surface area (Å²) in [7, 11) is 0. The highest BCUT2D eigenvalue weighted by Crippen LogP contribution is 2.52. The molecule has 0 bridgehead atoms. The van der Waals surface area contributed by atoms with Gasteiger partial charge in [0.15, 0.2) is 35.7 Å². The molecule has 2 aliphatic rings. The van der Waals surface area contributed by atoms with E-state index in [9.17, 15) is 17.6 Å². The molecule has 0 heterocycles. The third kappa shape index (κ3) is 5.78. The molecule has 0 radical (unpaired) electrons. The molecule has 0 spiro atoms. The van der Waals surface area contributed by atoms with Crippen molar-refractivity contribution in [2.24, 2.45) is 0 Å². The van der Waals surface area contributed by atoms with E-state index in [1.54, 1.807) is 74.5 Å². The SMILES string of the molecule is Cc1ccc(N(C2=C(F)C(F)=C(c3ccc4c(c3)C(C)(C)c3cc(C(=CF)C(F)=C(F)C=CF)ccc3-4)C(F)C2F)c2ccc(C)cc2)cc1. The molecule has 0 amide bonds. The van der Waals surface area contributed by atoms with Crippen molar-refractivity contribution in [3.05, 3.63) is 166 Å². The van der Waals surface area contributed by atoms with Gasteiger partial charge in [-0.1, -0.05) is 73.5 Å². The number of rotatable bonds is 7. The normalized spacial score (nSPS) is 19.2. The van der Waals surface area contributed by atoms with Crippen molar-refractivity contribution >= 4 is 22.5 Å². The minimum Gasteiger partial charge on any atom is -0.308 e. The molecule has 2 atom stereocenters. The Morgan fingerprint density at radius 2 is 1.24 bits per heavy atom. The molecule has 0 fully saturated rings. The van der Waals surface area contributed by atoms with Gasteiger partial charge in [-0.15, -0.1) is 0 Å². The van der Waals surface area contributed by atoms with E-state index in [1.165, 1.54) is 29.2 Å². The van der Waals surface area contributed by atoms with Gasteiger partial charge in [-0.25, -0.2) is 35.1 Å². The van der Waals surface area contributed by atoms with Crippen LogP contribution >= 0.6 is 0 Å². The lowest BCUT2D eigenvalue weighted by molar-refractivity contribution is 0.229. The van der Waals surface area contributed by atoms with Crippen LogP contribution in [0.1, 0.15) is 47.2 Å². The third-order valence-electron chi connectivity index (χ3n) is 9.34. The van der Waals surface area contributed by atoms with Crippen molar-refractivity contribution in [3.63, 3.8) is 0 Å². The number of hydrogen-bond acceptors (Lipinski definition) is 1. The van der Waals surface area contributed by atoms with E-state index >= 15 is 17.6 Å². The molecule has 4 aromatic carbocycles. The maximum absolute atomic E-state index is 16.3. The largest absolute Gasteiger partial charge is 0.308 e. The van der Waals surface area contributed by atoms with Gasteiger partial charge >= 0.3 is 0 Å². The Balaban J connectivity index is 1.45. The van der Waals surface area contributed by atoms with Gasteiger partial charge in [0.05, 0.1) is 18.4 Å². The Morgan fingerprint density at radius 3 is 1.78 bits per heavy atom. The first-order valence-corrected chi connectivity index (χ1v) is 15.7. The lowest BCUT2D eigenvalue weighted by Gasteiger charge is -2.34. The minimum atomic E-state index is -2.59. The number of benzene rings is 4. The molecule has 0 N–H and O–H groups in total. The van der Waals surface area contributed by atoms with E-state index < -0.39 is 57.9 Å². The standard InChI is InChI=1S/C41H31F8N/c1-22-5-11-26(12-6-22)50(27-13-7-23(2)8-14-27)40-38(48)36(46)34(37(47)39(40)49)25-10-16-29-28-15-9-24(19-31(28)41(3,4)32(29)20-25)30(21-43)35(45)33(44)17-18-42/h5-21,36,38H,1-4H3. The summed E-state index contributed by atoms with van der Waals surface area (Å²) in [5.41, 5.74) is 1.34. The predicted molar refractivity (Wildman–Crippen MR) is 183 cm³/mol. The highest BCUT2D eigenvalue weighted by Gasteiger charge is 2.44. The lowest BCUT2D eigenvalue weighted by Crippen LogP contribution is -2.35. The number of fused-ring (bicyclic) bond motifs is 3. The van der Waals surface area contributed by atoms with E-state index in [1.807, 2.05) is 13.8 Å². The van der Waals surface area contributed by atoms with Gasteiger partial charge in [-0.2, -0.15) is 0 Å². The van der Waals surface area contributed by atoms with Crippen molar-refractivity contribution in [1.29, 1.82) is 0 Å². The Bertz CT molecular complexity index is 2090. The quantitative estimate of drug-likeness (QED) is 0.138. The van der Waals surface area contributed by atoms with E-state index in [4.69, 9.17) is 0 Å². The average Bonchev–Trinajstić information content (AvgIpc) is 3.32. The van der Waals surface area contributed by atoms with E-state index in [0.717, 1.165) is 11.1 Å². The number of halogens is 8. The summed E-state index contributed by atoms with van der Waals surface area (Å²) in [5, 5.41) is 0. The highest BCUT2D eigenvalue weighted by molar-refractivity contribution is 5.88. The fourth-order valence-electron chi connectivity index (χ4n) is 6.65. The van der Waals surface area contributed by atoms with Crippen LogP contribution in [0, 0.1) is 13.8 Å². The van der Waals surface area contributed by atoms with Crippen LogP contribution in [0.25, 0.3) is 22.3 Å². The summed E-state index contributed by atoms with van der Waals surface area (Å²) in [4.78, 5) is 1.18. The molecule has 9 heteroatoms. The topological polar surface area (TPSA) is 3.24 Å². The second-order valence-corrected chi connectivity index (χ2v) is 12.9. The van der Waals surface area contributed by atoms with Gasteiger partial charge in [0.25, 0.3) is 0 Å². The molecule has 50 heavy (non-hydrogen) atoms. The first-order valence-electron chi connectivity index (χ1n) is 15.7. The van der Waals surface area contributed by atoms with Gasteiger partial charge < -0.3 is 4.90 Å². The van der Waals surface area contributed by atoms with Gasteiger partial charge in [0.1, 0.15) is 0 Å². The summed E-state index contributed by atoms with van der Waals surface area (Å²) >= 11 is 0. The molecular weight excluding hydrogens is 658 g/mol. The van der Waals surface area contributed by atoms with Crippen LogP contribution in [0.15, 0.2) is 133 Å². The van der Waals surface area contributed by atoms with Crippen molar-refractivity contribution in [3.8, 4) is 11.1 Å². The second kappa shape index (κ2) is 13.3. The first-order chi connectivity index (χ1) is 23.8. The maximum Gasteiger partial charge on any atom is 0.182 e. The van der Waals surface area contributed by atoms with E-state index in [2.05, 4.69) is 0 Å².